The molecule has 6 heteroatoms. The number of carbonyl (C=O) groups is 1. The molecular formula is C20H28N2O3S. The van der Waals surface area contributed by atoms with Crippen molar-refractivity contribution in [3.8, 4) is 0 Å². The fourth-order valence-corrected chi connectivity index (χ4v) is 6.24. The zero-order valence-electron chi connectivity index (χ0n) is 15.4. The van der Waals surface area contributed by atoms with Crippen LogP contribution in [0.2, 0.25) is 0 Å². The Bertz CT molecular complexity index is 790. The van der Waals surface area contributed by atoms with Gasteiger partial charge in [-0.3, -0.25) is 4.79 Å². The van der Waals surface area contributed by atoms with Gasteiger partial charge < -0.3 is 5.32 Å². The number of fused-ring (bicyclic) bond motifs is 2. The molecule has 0 heterocycles. The highest BCUT2D eigenvalue weighted by Crippen LogP contribution is 2.49. The standard InChI is InChI=1S/C20H28N2O3S/c1-12-9-18(12)20(23)21-16-5-7-17(8-6-16)26(24,25)22-13(2)19-11-14-3-4-15(19)10-14/h5-8,12-15,18-19,22H,3-4,9-11H2,1-2H3,(H,21,23). The van der Waals surface area contributed by atoms with E-state index in [1.165, 1.54) is 19.3 Å². The van der Waals surface area contributed by atoms with Crippen LogP contribution >= 0.6 is 0 Å². The Morgan fingerprint density at radius 2 is 1.81 bits per heavy atom. The first-order chi connectivity index (χ1) is 12.3. The van der Waals surface area contributed by atoms with Crippen LogP contribution in [-0.2, 0) is 14.8 Å². The van der Waals surface area contributed by atoms with Crippen molar-refractivity contribution in [2.75, 3.05) is 5.32 Å². The Hall–Kier alpha value is -1.40. The Labute approximate surface area is 156 Å². The third-order valence-electron chi connectivity index (χ3n) is 6.65. The molecule has 0 aliphatic heterocycles. The molecule has 5 nitrogen and oxygen atoms in total. The number of nitrogens with one attached hydrogen (secondary N) is 2. The molecule has 1 aromatic rings. The molecular weight excluding hydrogens is 348 g/mol. The maximum atomic E-state index is 12.7. The van der Waals surface area contributed by atoms with Gasteiger partial charge in [-0.05, 0) is 80.5 Å². The van der Waals surface area contributed by atoms with Gasteiger partial charge in [-0.1, -0.05) is 13.3 Å². The number of benzene rings is 1. The SMILES string of the molecule is CC1CC1C(=O)Nc1ccc(S(=O)(=O)NC(C)C2CC3CCC2C3)cc1. The second kappa shape index (κ2) is 6.64. The topological polar surface area (TPSA) is 75.3 Å². The van der Waals surface area contributed by atoms with Crippen molar-refractivity contribution in [1.29, 1.82) is 0 Å². The van der Waals surface area contributed by atoms with Crippen molar-refractivity contribution in [1.82, 2.24) is 4.72 Å². The zero-order valence-corrected chi connectivity index (χ0v) is 16.3. The number of rotatable bonds is 6. The first-order valence-corrected chi connectivity index (χ1v) is 11.2. The monoisotopic (exact) mass is 376 g/mol. The summed E-state index contributed by atoms with van der Waals surface area (Å²) in [5.41, 5.74) is 0.647. The summed E-state index contributed by atoms with van der Waals surface area (Å²) in [4.78, 5) is 12.2. The number of anilines is 1. The highest BCUT2D eigenvalue weighted by molar-refractivity contribution is 7.89. The maximum absolute atomic E-state index is 12.7. The molecule has 0 aromatic heterocycles. The van der Waals surface area contributed by atoms with Gasteiger partial charge in [0.15, 0.2) is 0 Å². The molecule has 6 unspecified atom stereocenters. The minimum absolute atomic E-state index is 0.0242. The summed E-state index contributed by atoms with van der Waals surface area (Å²) in [5, 5.41) is 2.86. The van der Waals surface area contributed by atoms with Crippen molar-refractivity contribution < 1.29 is 13.2 Å². The molecule has 1 aromatic carbocycles. The van der Waals surface area contributed by atoms with E-state index in [4.69, 9.17) is 0 Å². The summed E-state index contributed by atoms with van der Waals surface area (Å²) in [6, 6.07) is 6.44. The van der Waals surface area contributed by atoms with Crippen molar-refractivity contribution in [2.24, 2.45) is 29.6 Å². The molecule has 1 amide bonds. The highest BCUT2D eigenvalue weighted by Gasteiger charge is 2.42. The van der Waals surface area contributed by atoms with E-state index in [0.29, 0.717) is 23.4 Å². The van der Waals surface area contributed by atoms with Crippen LogP contribution in [0.5, 0.6) is 0 Å². The molecule has 3 saturated carbocycles. The van der Waals surface area contributed by atoms with Crippen LogP contribution in [0.3, 0.4) is 0 Å². The van der Waals surface area contributed by atoms with Gasteiger partial charge in [-0.2, -0.15) is 0 Å². The average molecular weight is 377 g/mol. The van der Waals surface area contributed by atoms with Crippen molar-refractivity contribution in [3.63, 3.8) is 0 Å². The first kappa shape index (κ1) is 18.0. The second-order valence-corrected chi connectivity index (χ2v) is 10.3. The number of carbonyl (C=O) groups excluding carboxylic acids is 1. The Morgan fingerprint density at radius 1 is 1.12 bits per heavy atom. The predicted molar refractivity (Wildman–Crippen MR) is 101 cm³/mol. The van der Waals surface area contributed by atoms with Crippen LogP contribution in [0.4, 0.5) is 5.69 Å². The minimum atomic E-state index is -3.53. The van der Waals surface area contributed by atoms with Crippen molar-refractivity contribution >= 4 is 21.6 Å². The summed E-state index contributed by atoms with van der Waals surface area (Å²) in [6.07, 6.45) is 5.91. The molecule has 26 heavy (non-hydrogen) atoms. The van der Waals surface area contributed by atoms with E-state index >= 15 is 0 Å². The van der Waals surface area contributed by atoms with Crippen molar-refractivity contribution in [3.05, 3.63) is 24.3 Å². The summed E-state index contributed by atoms with van der Waals surface area (Å²) in [5.74, 6) is 2.52. The van der Waals surface area contributed by atoms with E-state index < -0.39 is 10.0 Å². The molecule has 3 aliphatic rings. The van der Waals surface area contributed by atoms with Gasteiger partial charge in [0.25, 0.3) is 0 Å². The first-order valence-electron chi connectivity index (χ1n) is 9.77. The highest BCUT2D eigenvalue weighted by atomic mass is 32.2. The Morgan fingerprint density at radius 3 is 2.35 bits per heavy atom. The van der Waals surface area contributed by atoms with Gasteiger partial charge in [-0.15, -0.1) is 0 Å². The quantitative estimate of drug-likeness (QED) is 0.799. The normalized spacial score (nSPS) is 33.8. The average Bonchev–Trinajstić information content (AvgIpc) is 3.01. The summed E-state index contributed by atoms with van der Waals surface area (Å²) < 4.78 is 28.3. The molecule has 6 atom stereocenters. The van der Waals surface area contributed by atoms with Crippen LogP contribution in [-0.4, -0.2) is 20.4 Å². The predicted octanol–water partition coefficient (Wildman–Crippen LogP) is 3.38. The summed E-state index contributed by atoms with van der Waals surface area (Å²) in [7, 11) is -3.53. The minimum Gasteiger partial charge on any atom is -0.326 e. The lowest BCUT2D eigenvalue weighted by atomic mass is 9.84. The number of sulfonamides is 1. The van der Waals surface area contributed by atoms with E-state index in [1.807, 2.05) is 6.92 Å². The lowest BCUT2D eigenvalue weighted by Gasteiger charge is -2.28. The molecule has 2 N–H and O–H groups in total. The molecule has 142 valence electrons. The number of amides is 1. The van der Waals surface area contributed by atoms with Crippen LogP contribution in [0.25, 0.3) is 0 Å². The number of hydrogen-bond donors (Lipinski definition) is 2. The number of hydrogen-bond acceptors (Lipinski definition) is 3. The fraction of sp³-hybridized carbons (Fsp3) is 0.650. The van der Waals surface area contributed by atoms with Gasteiger partial charge in [0.05, 0.1) is 4.90 Å². The molecule has 0 spiro atoms. The fourth-order valence-electron chi connectivity index (χ4n) is 4.95. The molecule has 4 rings (SSSR count). The molecule has 3 fully saturated rings. The zero-order chi connectivity index (χ0) is 18.5. The Kier molecular flexibility index (Phi) is 4.59. The van der Waals surface area contributed by atoms with E-state index in [0.717, 1.165) is 18.8 Å². The molecule has 2 bridgehead atoms. The van der Waals surface area contributed by atoms with Crippen LogP contribution in [0.15, 0.2) is 29.2 Å². The van der Waals surface area contributed by atoms with Crippen LogP contribution in [0.1, 0.15) is 46.0 Å². The lowest BCUT2D eigenvalue weighted by Crippen LogP contribution is -2.40. The summed E-state index contributed by atoms with van der Waals surface area (Å²) in [6.45, 7) is 4.05. The van der Waals surface area contributed by atoms with E-state index in [2.05, 4.69) is 17.0 Å². The van der Waals surface area contributed by atoms with Gasteiger partial charge in [0.1, 0.15) is 0 Å². The lowest BCUT2D eigenvalue weighted by molar-refractivity contribution is -0.117. The molecule has 0 saturated heterocycles. The van der Waals surface area contributed by atoms with E-state index in [-0.39, 0.29) is 22.8 Å². The van der Waals surface area contributed by atoms with Crippen LogP contribution < -0.4 is 10.0 Å². The third kappa shape index (κ3) is 3.54. The van der Waals surface area contributed by atoms with Gasteiger partial charge in [0.2, 0.25) is 15.9 Å². The third-order valence-corrected chi connectivity index (χ3v) is 8.23. The summed E-state index contributed by atoms with van der Waals surface area (Å²) >= 11 is 0. The van der Waals surface area contributed by atoms with Crippen molar-refractivity contribution in [2.45, 2.75) is 56.9 Å². The smallest absolute Gasteiger partial charge is 0.240 e. The maximum Gasteiger partial charge on any atom is 0.240 e. The second-order valence-electron chi connectivity index (χ2n) is 8.58. The van der Waals surface area contributed by atoms with E-state index in [1.54, 1.807) is 24.3 Å². The largest absolute Gasteiger partial charge is 0.326 e. The molecule has 0 radical (unpaired) electrons. The van der Waals surface area contributed by atoms with Gasteiger partial charge in [0, 0.05) is 17.6 Å². The van der Waals surface area contributed by atoms with Gasteiger partial charge in [-0.25, -0.2) is 13.1 Å². The van der Waals surface area contributed by atoms with Crippen LogP contribution in [0, 0.1) is 29.6 Å². The van der Waals surface area contributed by atoms with E-state index in [9.17, 15) is 13.2 Å². The molecule has 3 aliphatic carbocycles. The Balaban J connectivity index is 1.38. The van der Waals surface area contributed by atoms with Gasteiger partial charge >= 0.3 is 0 Å².